The fourth-order valence-corrected chi connectivity index (χ4v) is 9.21. The molecule has 516 valence electrons. The van der Waals surface area contributed by atoms with Crippen molar-refractivity contribution in [2.24, 2.45) is 62.3 Å². The first kappa shape index (κ1) is 79.5. The summed E-state index contributed by atoms with van der Waals surface area (Å²) in [5.74, 6) is -9.38. The Morgan fingerprint density at radius 2 is 1.23 bits per heavy atom. The summed E-state index contributed by atoms with van der Waals surface area (Å²) in [6.45, 7) is -1.34. The van der Waals surface area contributed by atoms with E-state index < -0.39 is 157 Å². The maximum Gasteiger partial charge on any atom is 0.268 e. The number of aliphatic imine (C=N–C) groups is 1. The third-order valence-electron chi connectivity index (χ3n) is 14.5. The smallest absolute Gasteiger partial charge is 0.268 e. The second kappa shape index (κ2) is 44.0. The molecule has 1 fully saturated rings. The summed E-state index contributed by atoms with van der Waals surface area (Å²) in [4.78, 5) is 151. The Balaban J connectivity index is 2.42. The Morgan fingerprint density at radius 3 is 1.81 bits per heavy atom. The van der Waals surface area contributed by atoms with Gasteiger partial charge in [0.2, 0.25) is 53.2 Å². The quantitative estimate of drug-likeness (QED) is 0.0125. The molecule has 12 atom stereocenters. The van der Waals surface area contributed by atoms with E-state index in [0.717, 1.165) is 0 Å². The second-order valence-corrected chi connectivity index (χ2v) is 21.8. The molecule has 34 N–H and O–H groups in total. The van der Waals surface area contributed by atoms with Crippen LogP contribution in [0.15, 0.2) is 29.3 Å². The van der Waals surface area contributed by atoms with Gasteiger partial charge in [0, 0.05) is 64.1 Å². The number of carbonyl (C=O) groups excluding carboxylic acids is 10. The highest BCUT2D eigenvalue weighted by atomic mass is 16.3. The molecule has 2 heterocycles. The highest BCUT2D eigenvalue weighted by molar-refractivity contribution is 6.02. The standard InChI is InChI=1S/C54H101N23O14/c55-16-2-1-8-33(62)45(83)75-44(41(81)26-61)52(90)76-43(40(80)25-60)51(89)68-28-42(82)70-37(9-5-18-57)53(91)77-21-7-11-39(77)50(88)74-38(22-30-27-65-29-69-30)49(87)73-36(15-13-32(79)24-59)48(86)71-34(10-6-20-67-54(63)64)47(85)72-35(14-12-31(78)23-58)46(84)66-19-4-3-17-56/h10,27,29,31-33,35-41,43-44,78-81H,1-9,11-26,28,55-62H2,(H,65,69)(H,66,84)(H,68,89)(H,70,82)(H,71,86)(H,72,85)(H,73,87)(H,74,88)(H,75,83)(H,76,90)(H4,63,64,67)/b34-10-. The van der Waals surface area contributed by atoms with Crippen LogP contribution in [0.3, 0.4) is 0 Å². The van der Waals surface area contributed by atoms with Gasteiger partial charge in [0.25, 0.3) is 5.91 Å². The average Bonchev–Trinajstić information content (AvgIpc) is 3.17. The van der Waals surface area contributed by atoms with Gasteiger partial charge >= 0.3 is 0 Å². The van der Waals surface area contributed by atoms with Gasteiger partial charge in [-0.05, 0) is 103 Å². The molecule has 37 nitrogen and oxygen atoms in total. The van der Waals surface area contributed by atoms with E-state index in [4.69, 9.17) is 57.3 Å². The van der Waals surface area contributed by atoms with Crippen LogP contribution >= 0.6 is 0 Å². The zero-order chi connectivity index (χ0) is 68.0. The number of hydrogen-bond acceptors (Lipinski definition) is 24. The molecule has 0 aliphatic carbocycles. The lowest BCUT2D eigenvalue weighted by Gasteiger charge is -2.30. The highest BCUT2D eigenvalue weighted by Gasteiger charge is 2.40. The molecule has 1 aliphatic rings. The minimum Gasteiger partial charge on any atom is -0.392 e. The number of rotatable bonds is 46. The molecule has 0 aromatic carbocycles. The molecule has 37 heteroatoms. The lowest BCUT2D eigenvalue weighted by Crippen LogP contribution is -2.63. The summed E-state index contributed by atoms with van der Waals surface area (Å²) >= 11 is 0. The van der Waals surface area contributed by atoms with Crippen molar-refractivity contribution in [2.45, 2.75) is 169 Å². The molecule has 10 amide bonds. The molecule has 0 radical (unpaired) electrons. The van der Waals surface area contributed by atoms with E-state index in [1.807, 2.05) is 0 Å². The molecule has 1 saturated heterocycles. The second-order valence-electron chi connectivity index (χ2n) is 21.8. The predicted molar refractivity (Wildman–Crippen MR) is 332 cm³/mol. The van der Waals surface area contributed by atoms with Gasteiger partial charge in [-0.25, -0.2) is 4.98 Å². The number of nitrogens with one attached hydrogen (secondary N) is 10. The van der Waals surface area contributed by atoms with Crippen LogP contribution in [0, 0.1) is 0 Å². The van der Waals surface area contributed by atoms with E-state index in [-0.39, 0.29) is 116 Å². The number of hydrogen-bond donors (Lipinski definition) is 24. The fraction of sp³-hybridized carbons (Fsp3) is 0.704. The predicted octanol–water partition coefficient (Wildman–Crippen LogP) is -11.5. The van der Waals surface area contributed by atoms with E-state index in [1.54, 1.807) is 0 Å². The van der Waals surface area contributed by atoms with Crippen molar-refractivity contribution in [3.05, 3.63) is 30.0 Å². The van der Waals surface area contributed by atoms with Crippen molar-refractivity contribution in [3.8, 4) is 0 Å². The molecule has 12 unspecified atom stereocenters. The van der Waals surface area contributed by atoms with E-state index in [1.165, 1.54) is 23.5 Å². The Kier molecular flexibility index (Phi) is 38.5. The van der Waals surface area contributed by atoms with Crippen LogP contribution in [0.4, 0.5) is 0 Å². The van der Waals surface area contributed by atoms with Gasteiger partial charge in [-0.15, -0.1) is 0 Å². The number of amides is 10. The van der Waals surface area contributed by atoms with Gasteiger partial charge in [-0.3, -0.25) is 52.9 Å². The van der Waals surface area contributed by atoms with Gasteiger partial charge in [0.15, 0.2) is 5.96 Å². The van der Waals surface area contributed by atoms with Crippen molar-refractivity contribution < 1.29 is 68.4 Å². The number of aliphatic hydroxyl groups excluding tert-OH is 4. The highest BCUT2D eigenvalue weighted by Crippen LogP contribution is 2.21. The van der Waals surface area contributed by atoms with Crippen LogP contribution in [0.2, 0.25) is 0 Å². The van der Waals surface area contributed by atoms with Crippen molar-refractivity contribution in [1.29, 1.82) is 0 Å². The number of aliphatic hydroxyl groups is 4. The van der Waals surface area contributed by atoms with E-state index in [9.17, 15) is 68.4 Å². The molecular formula is C54H101N23O14. The largest absolute Gasteiger partial charge is 0.392 e. The zero-order valence-electron chi connectivity index (χ0n) is 51.5. The van der Waals surface area contributed by atoms with E-state index >= 15 is 0 Å². The van der Waals surface area contributed by atoms with Gasteiger partial charge in [-0.1, -0.05) is 12.5 Å². The van der Waals surface area contributed by atoms with Crippen LogP contribution < -0.4 is 105 Å². The van der Waals surface area contributed by atoms with Gasteiger partial charge in [0.05, 0.1) is 43.3 Å². The summed E-state index contributed by atoms with van der Waals surface area (Å²) in [5.41, 5.74) is 56.4. The Labute approximate surface area is 528 Å². The van der Waals surface area contributed by atoms with Crippen LogP contribution in [0.1, 0.15) is 95.6 Å². The van der Waals surface area contributed by atoms with Crippen molar-refractivity contribution >= 4 is 65.0 Å². The lowest BCUT2D eigenvalue weighted by atomic mass is 10.0. The fourth-order valence-electron chi connectivity index (χ4n) is 9.21. The van der Waals surface area contributed by atoms with Gasteiger partial charge < -0.3 is 135 Å². The third-order valence-corrected chi connectivity index (χ3v) is 14.5. The van der Waals surface area contributed by atoms with Gasteiger partial charge in [0.1, 0.15) is 48.0 Å². The summed E-state index contributed by atoms with van der Waals surface area (Å²) in [6, 6.07) is -11.6. The molecule has 1 aromatic rings. The molecule has 0 spiro atoms. The summed E-state index contributed by atoms with van der Waals surface area (Å²) in [7, 11) is 0. The van der Waals surface area contributed by atoms with Crippen LogP contribution in [-0.2, 0) is 54.4 Å². The van der Waals surface area contributed by atoms with Crippen molar-refractivity contribution in [3.63, 3.8) is 0 Å². The molecule has 0 bridgehead atoms. The number of nitrogens with two attached hydrogens (primary N) is 10. The first-order chi connectivity index (χ1) is 43.4. The first-order valence-corrected chi connectivity index (χ1v) is 30.5. The maximum absolute atomic E-state index is 14.5. The summed E-state index contributed by atoms with van der Waals surface area (Å²) < 4.78 is 0. The topological polar surface area (TPSA) is 664 Å². The average molecular weight is 1300 g/mol. The minimum atomic E-state index is -1.85. The van der Waals surface area contributed by atoms with Crippen molar-refractivity contribution in [2.75, 3.05) is 72.0 Å². The molecule has 0 saturated carbocycles. The molecule has 91 heavy (non-hydrogen) atoms. The number of aromatic amines is 1. The van der Waals surface area contributed by atoms with Crippen molar-refractivity contribution in [1.82, 2.24) is 62.7 Å². The Bertz CT molecular complexity index is 2490. The maximum atomic E-state index is 14.5. The molecular weight excluding hydrogens is 1190 g/mol. The number of carbonyl (C=O) groups is 10. The number of aromatic nitrogens is 2. The third kappa shape index (κ3) is 29.5. The van der Waals surface area contributed by atoms with Crippen LogP contribution in [-0.4, -0.2) is 245 Å². The van der Waals surface area contributed by atoms with E-state index in [0.29, 0.717) is 44.5 Å². The van der Waals surface area contributed by atoms with Crippen LogP contribution in [0.25, 0.3) is 0 Å². The monoisotopic (exact) mass is 1300 g/mol. The number of nitrogens with zero attached hydrogens (tertiary/aromatic N) is 3. The number of imidazole rings is 1. The molecule has 2 rings (SSSR count). The number of unbranched alkanes of at least 4 members (excludes halogenated alkanes) is 2. The number of guanidine groups is 1. The Hall–Kier alpha value is -7.56. The first-order valence-electron chi connectivity index (χ1n) is 30.5. The van der Waals surface area contributed by atoms with Crippen LogP contribution in [0.5, 0.6) is 0 Å². The van der Waals surface area contributed by atoms with E-state index in [2.05, 4.69) is 62.8 Å². The molecule has 1 aliphatic heterocycles. The summed E-state index contributed by atoms with van der Waals surface area (Å²) in [6.07, 6.45) is 0.474. The number of likely N-dealkylation sites (tertiary alicyclic amines) is 1. The SMILES string of the molecule is NCCCCNC(=O)C(CCC(O)CN)NC(=O)/C(=C/CCN=C(N)N)NC(=O)C(CCC(O)CN)NC(=O)C(Cc1cnc[nH]1)NC(=O)C1CCCN1C(=O)C(CCCN)NC(=O)CNC(=O)C(NC(=O)C(NC(=O)C(N)CCCCN)C(O)CN)C(O)CN. The Morgan fingerprint density at radius 1 is 0.626 bits per heavy atom. The normalized spacial score (nSPS) is 16.8. The zero-order valence-corrected chi connectivity index (χ0v) is 51.5. The lowest BCUT2D eigenvalue weighted by molar-refractivity contribution is -0.142. The number of H-pyrrole nitrogens is 1. The molecule has 1 aromatic heterocycles. The van der Waals surface area contributed by atoms with Gasteiger partial charge in [-0.2, -0.15) is 0 Å². The minimum absolute atomic E-state index is 0.00895. The summed E-state index contributed by atoms with van der Waals surface area (Å²) in [5, 5.41) is 64.5.